The number of pyridine rings is 1. The van der Waals surface area contributed by atoms with E-state index in [-0.39, 0.29) is 12.1 Å². The number of Topliss-reactive ketones (excluding diaryl/α,β-unsaturated/α-hetero) is 1. The van der Waals surface area contributed by atoms with Crippen LogP contribution in [0.3, 0.4) is 0 Å². The topological polar surface area (TPSA) is 135 Å². The second-order valence-corrected chi connectivity index (χ2v) is 8.34. The first-order valence-corrected chi connectivity index (χ1v) is 11.4. The zero-order chi connectivity index (χ0) is 25.4. The van der Waals surface area contributed by atoms with Crippen LogP contribution in [0.25, 0.3) is 0 Å². The number of amides is 2. The number of ketones is 1. The summed E-state index contributed by atoms with van der Waals surface area (Å²) in [5.74, 6) is -3.84. The van der Waals surface area contributed by atoms with Gasteiger partial charge < -0.3 is 20.3 Å². The summed E-state index contributed by atoms with van der Waals surface area (Å²) in [7, 11) is 0. The maximum Gasteiger partial charge on any atom is 0.305 e. The molecule has 0 aliphatic heterocycles. The van der Waals surface area contributed by atoms with E-state index in [4.69, 9.17) is 5.11 Å². The molecule has 2 amide bonds. The van der Waals surface area contributed by atoms with Gasteiger partial charge in [-0.15, -0.1) is 0 Å². The van der Waals surface area contributed by atoms with Crippen molar-refractivity contribution in [3.63, 3.8) is 0 Å². The van der Waals surface area contributed by atoms with Gasteiger partial charge in [-0.1, -0.05) is 18.2 Å². The molecule has 2 atom stereocenters. The minimum Gasteiger partial charge on any atom is -0.481 e. The van der Waals surface area contributed by atoms with Gasteiger partial charge in [0.05, 0.1) is 6.42 Å². The number of aromatic nitrogens is 1. The molecule has 2 heterocycles. The molecule has 0 saturated heterocycles. The van der Waals surface area contributed by atoms with Crippen LogP contribution in [0.15, 0.2) is 70.3 Å². The average Bonchev–Trinajstić information content (AvgIpc) is 3.36. The molecule has 0 saturated carbocycles. The molecule has 2 aromatic heterocycles. The van der Waals surface area contributed by atoms with Gasteiger partial charge in [-0.2, -0.15) is 11.3 Å². The Morgan fingerprint density at radius 1 is 1.06 bits per heavy atom. The molecule has 1 aromatic carbocycles. The van der Waals surface area contributed by atoms with E-state index in [1.54, 1.807) is 47.2 Å². The van der Waals surface area contributed by atoms with Crippen molar-refractivity contribution in [2.45, 2.75) is 24.9 Å². The molecule has 0 unspecified atom stereocenters. The summed E-state index contributed by atoms with van der Waals surface area (Å²) in [5.41, 5.74) is 0.286. The smallest absolute Gasteiger partial charge is 0.305 e. The second-order valence-electron chi connectivity index (χ2n) is 7.56. The molecule has 9 nitrogen and oxygen atoms in total. The molecular weight excluding hydrogens is 477 g/mol. The van der Waals surface area contributed by atoms with Gasteiger partial charge in [0.1, 0.15) is 24.4 Å². The van der Waals surface area contributed by atoms with Crippen LogP contribution >= 0.6 is 11.3 Å². The van der Waals surface area contributed by atoms with Crippen molar-refractivity contribution in [1.29, 1.82) is 0 Å². The van der Waals surface area contributed by atoms with Gasteiger partial charge in [-0.05, 0) is 46.7 Å². The molecule has 35 heavy (non-hydrogen) atoms. The Kier molecular flexibility index (Phi) is 8.63. The van der Waals surface area contributed by atoms with Gasteiger partial charge in [0.2, 0.25) is 5.91 Å². The first-order chi connectivity index (χ1) is 16.8. The molecule has 0 spiro atoms. The Labute approximate surface area is 203 Å². The van der Waals surface area contributed by atoms with E-state index in [2.05, 4.69) is 10.6 Å². The summed E-state index contributed by atoms with van der Waals surface area (Å²) in [6.45, 7) is -1.45. The fourth-order valence-corrected chi connectivity index (χ4v) is 4.05. The number of alkyl halides is 1. The molecule has 0 fully saturated rings. The lowest BCUT2D eigenvalue weighted by atomic mass is 10.1. The van der Waals surface area contributed by atoms with Crippen LogP contribution in [0.2, 0.25) is 0 Å². The number of nitrogens with one attached hydrogen (secondary N) is 2. The van der Waals surface area contributed by atoms with E-state index in [9.17, 15) is 28.4 Å². The molecular formula is C24H22FN3O6S. The molecule has 0 bridgehead atoms. The predicted octanol–water partition coefficient (Wildman–Crippen LogP) is 2.44. The van der Waals surface area contributed by atoms with Gasteiger partial charge in [0.25, 0.3) is 11.5 Å². The Hall–Kier alpha value is -4.12. The van der Waals surface area contributed by atoms with Crippen molar-refractivity contribution in [2.75, 3.05) is 12.0 Å². The molecule has 3 N–H and O–H groups in total. The van der Waals surface area contributed by atoms with Crippen LogP contribution < -0.4 is 16.2 Å². The van der Waals surface area contributed by atoms with Gasteiger partial charge in [0.15, 0.2) is 5.78 Å². The van der Waals surface area contributed by atoms with Crippen LogP contribution in [-0.4, -0.2) is 46.0 Å². The lowest BCUT2D eigenvalue weighted by Crippen LogP contribution is -2.47. The highest BCUT2D eigenvalue weighted by atomic mass is 32.1. The van der Waals surface area contributed by atoms with Crippen LogP contribution in [0.1, 0.15) is 28.4 Å². The zero-order valence-corrected chi connectivity index (χ0v) is 19.2. The number of hydrogen-bond donors (Lipinski definition) is 3. The van der Waals surface area contributed by atoms with Crippen molar-refractivity contribution >= 4 is 40.6 Å². The zero-order valence-electron chi connectivity index (χ0n) is 18.3. The number of halogens is 1. The molecule has 0 aliphatic rings. The number of nitrogens with zero attached hydrogens (tertiary/aromatic N) is 1. The third-order valence-electron chi connectivity index (χ3n) is 5.12. The van der Waals surface area contributed by atoms with E-state index in [0.29, 0.717) is 11.1 Å². The minimum absolute atomic E-state index is 0.0366. The molecule has 11 heteroatoms. The monoisotopic (exact) mass is 499 g/mol. The Morgan fingerprint density at radius 2 is 1.80 bits per heavy atom. The van der Waals surface area contributed by atoms with Crippen LogP contribution in [0.4, 0.5) is 10.1 Å². The van der Waals surface area contributed by atoms with E-state index in [0.717, 1.165) is 4.57 Å². The summed E-state index contributed by atoms with van der Waals surface area (Å²) in [5, 5.41) is 17.4. The number of carboxylic acid groups (broad SMARTS) is 1. The first kappa shape index (κ1) is 25.5. The van der Waals surface area contributed by atoms with Gasteiger partial charge in [-0.25, -0.2) is 4.39 Å². The number of carbonyl (C=O) groups is 4. The SMILES string of the molecule is O=C(O)C[C@H](NC(=O)[C@H](Cc1ccsc1)n1cccc(NC(=O)c2ccccc2)c1=O)C(=O)CF. The number of rotatable bonds is 11. The maximum atomic E-state index is 13.2. The number of anilines is 1. The summed E-state index contributed by atoms with van der Waals surface area (Å²) in [4.78, 5) is 61.9. The normalized spacial score (nSPS) is 12.4. The summed E-state index contributed by atoms with van der Waals surface area (Å²) in [6.07, 6.45) is 0.580. The summed E-state index contributed by atoms with van der Waals surface area (Å²) < 4.78 is 14.0. The minimum atomic E-state index is -1.59. The van der Waals surface area contributed by atoms with Crippen molar-refractivity contribution in [1.82, 2.24) is 9.88 Å². The highest BCUT2D eigenvalue weighted by molar-refractivity contribution is 7.07. The first-order valence-electron chi connectivity index (χ1n) is 10.5. The lowest BCUT2D eigenvalue weighted by molar-refractivity contribution is -0.140. The van der Waals surface area contributed by atoms with Crippen LogP contribution in [-0.2, 0) is 20.8 Å². The molecule has 3 rings (SSSR count). The number of carbonyl (C=O) groups excluding carboxylic acids is 3. The summed E-state index contributed by atoms with van der Waals surface area (Å²) in [6, 6.07) is 10.1. The number of aliphatic carboxylic acids is 1. The van der Waals surface area contributed by atoms with E-state index in [1.165, 1.54) is 29.7 Å². The predicted molar refractivity (Wildman–Crippen MR) is 127 cm³/mol. The van der Waals surface area contributed by atoms with Gasteiger partial charge in [-0.3, -0.25) is 24.0 Å². The molecule has 0 aliphatic carbocycles. The average molecular weight is 500 g/mol. The van der Waals surface area contributed by atoms with Gasteiger partial charge in [0, 0.05) is 18.2 Å². The number of benzene rings is 1. The Morgan fingerprint density at radius 3 is 2.43 bits per heavy atom. The third kappa shape index (κ3) is 6.70. The molecule has 182 valence electrons. The van der Waals surface area contributed by atoms with E-state index in [1.807, 2.05) is 0 Å². The number of hydrogen-bond acceptors (Lipinski definition) is 6. The maximum absolute atomic E-state index is 13.2. The van der Waals surface area contributed by atoms with Crippen molar-refractivity contribution in [3.05, 3.63) is 87.0 Å². The van der Waals surface area contributed by atoms with Crippen molar-refractivity contribution < 1.29 is 28.7 Å². The quantitative estimate of drug-likeness (QED) is 0.371. The van der Waals surface area contributed by atoms with E-state index >= 15 is 0 Å². The van der Waals surface area contributed by atoms with E-state index < -0.39 is 54.3 Å². The van der Waals surface area contributed by atoms with Crippen LogP contribution in [0, 0.1) is 0 Å². The van der Waals surface area contributed by atoms with Gasteiger partial charge >= 0.3 is 5.97 Å². The van der Waals surface area contributed by atoms with Crippen LogP contribution in [0.5, 0.6) is 0 Å². The van der Waals surface area contributed by atoms with Crippen molar-refractivity contribution in [2.24, 2.45) is 0 Å². The van der Waals surface area contributed by atoms with Crippen molar-refractivity contribution in [3.8, 4) is 0 Å². The third-order valence-corrected chi connectivity index (χ3v) is 5.85. The lowest BCUT2D eigenvalue weighted by Gasteiger charge is -2.23. The fourth-order valence-electron chi connectivity index (χ4n) is 3.37. The number of carboxylic acids is 1. The Bertz CT molecular complexity index is 1260. The molecule has 3 aromatic rings. The largest absolute Gasteiger partial charge is 0.481 e. The highest BCUT2D eigenvalue weighted by Crippen LogP contribution is 2.18. The second kappa shape index (κ2) is 11.8. The fraction of sp³-hybridized carbons (Fsp3) is 0.208. The number of thiophene rings is 1. The highest BCUT2D eigenvalue weighted by Gasteiger charge is 2.29. The summed E-state index contributed by atoms with van der Waals surface area (Å²) >= 11 is 1.38. The standard InChI is InChI=1S/C24H22FN3O6S/c25-13-20(29)18(12-21(30)31)27-23(33)19(11-15-8-10-35-14-15)28-9-4-7-17(24(28)34)26-22(32)16-5-2-1-3-6-16/h1-10,14,18-19H,11-13H2,(H,26,32)(H,27,33)(H,30,31)/t18-,19-/m0/s1. The molecule has 0 radical (unpaired) electrons. The Balaban J connectivity index is 1.93.